The first-order chi connectivity index (χ1) is 5.84. The molecule has 3 nitrogen and oxygen atoms in total. The molecule has 0 spiro atoms. The molecule has 0 saturated carbocycles. The summed E-state index contributed by atoms with van der Waals surface area (Å²) in [6.07, 6.45) is 0.593. The standard InChI is InChI=1S/C10H23NO2S/c1-9(2,3)7-8(10(4,5)6)14(11,12)13/h8H,7H2,1-6H3,(H2,11,12,13). The van der Waals surface area contributed by atoms with Crippen LogP contribution in [0, 0.1) is 10.8 Å². The highest BCUT2D eigenvalue weighted by Gasteiger charge is 2.36. The SMILES string of the molecule is CC(C)(C)CC(C(C)(C)C)S(N)(=O)=O. The van der Waals surface area contributed by atoms with Crippen LogP contribution in [0.4, 0.5) is 0 Å². The van der Waals surface area contributed by atoms with Crippen molar-refractivity contribution in [1.29, 1.82) is 0 Å². The lowest BCUT2D eigenvalue weighted by Gasteiger charge is -2.33. The van der Waals surface area contributed by atoms with Gasteiger partial charge in [0.2, 0.25) is 10.0 Å². The Morgan fingerprint density at radius 1 is 1.07 bits per heavy atom. The van der Waals surface area contributed by atoms with Gasteiger partial charge in [0, 0.05) is 0 Å². The molecule has 4 heteroatoms. The Bertz CT molecular complexity index is 280. The Hall–Kier alpha value is -0.0900. The average molecular weight is 221 g/mol. The molecule has 0 fully saturated rings. The summed E-state index contributed by atoms with van der Waals surface area (Å²) >= 11 is 0. The van der Waals surface area contributed by atoms with Crippen molar-refractivity contribution >= 4 is 10.0 Å². The van der Waals surface area contributed by atoms with Crippen molar-refractivity contribution in [2.45, 2.75) is 53.2 Å². The predicted molar refractivity (Wildman–Crippen MR) is 60.4 cm³/mol. The third-order valence-corrected chi connectivity index (χ3v) is 3.83. The molecule has 0 aromatic carbocycles. The largest absolute Gasteiger partial charge is 0.228 e. The van der Waals surface area contributed by atoms with E-state index in [4.69, 9.17) is 5.14 Å². The second-order valence-electron chi connectivity index (χ2n) is 6.21. The number of hydrogen-bond acceptors (Lipinski definition) is 2. The Kier molecular flexibility index (Phi) is 3.79. The second-order valence-corrected chi connectivity index (χ2v) is 7.96. The highest BCUT2D eigenvalue weighted by molar-refractivity contribution is 7.89. The zero-order chi connectivity index (χ0) is 11.8. The molecule has 1 unspecified atom stereocenters. The van der Waals surface area contributed by atoms with Crippen LogP contribution in [0.2, 0.25) is 0 Å². The highest BCUT2D eigenvalue weighted by Crippen LogP contribution is 2.34. The summed E-state index contributed by atoms with van der Waals surface area (Å²) in [5.41, 5.74) is -0.328. The first-order valence-electron chi connectivity index (χ1n) is 4.86. The van der Waals surface area contributed by atoms with E-state index < -0.39 is 15.3 Å². The van der Waals surface area contributed by atoms with Crippen LogP contribution in [-0.4, -0.2) is 13.7 Å². The van der Waals surface area contributed by atoms with Gasteiger partial charge in [0.05, 0.1) is 5.25 Å². The van der Waals surface area contributed by atoms with Crippen LogP contribution in [0.5, 0.6) is 0 Å². The molecule has 0 amide bonds. The number of primary sulfonamides is 1. The van der Waals surface area contributed by atoms with Gasteiger partial charge in [-0.05, 0) is 17.3 Å². The van der Waals surface area contributed by atoms with Crippen molar-refractivity contribution in [3.63, 3.8) is 0 Å². The van der Waals surface area contributed by atoms with Crippen LogP contribution in [0.3, 0.4) is 0 Å². The van der Waals surface area contributed by atoms with E-state index in [2.05, 4.69) is 0 Å². The van der Waals surface area contributed by atoms with Gasteiger partial charge in [-0.25, -0.2) is 13.6 Å². The van der Waals surface area contributed by atoms with Crippen LogP contribution < -0.4 is 5.14 Å². The van der Waals surface area contributed by atoms with Crippen molar-refractivity contribution < 1.29 is 8.42 Å². The van der Waals surface area contributed by atoms with E-state index in [1.807, 2.05) is 41.5 Å². The molecule has 0 aliphatic carbocycles. The van der Waals surface area contributed by atoms with Crippen molar-refractivity contribution in [2.24, 2.45) is 16.0 Å². The summed E-state index contributed by atoms with van der Waals surface area (Å²) in [5.74, 6) is 0. The van der Waals surface area contributed by atoms with Gasteiger partial charge in [-0.1, -0.05) is 41.5 Å². The van der Waals surface area contributed by atoms with Gasteiger partial charge in [-0.3, -0.25) is 0 Å². The Balaban J connectivity index is 4.98. The number of rotatable bonds is 2. The van der Waals surface area contributed by atoms with Crippen LogP contribution in [-0.2, 0) is 10.0 Å². The smallest absolute Gasteiger partial charge is 0.212 e. The van der Waals surface area contributed by atoms with Crippen molar-refractivity contribution in [3.8, 4) is 0 Å². The Morgan fingerprint density at radius 2 is 1.43 bits per heavy atom. The summed E-state index contributed by atoms with van der Waals surface area (Å²) < 4.78 is 22.9. The van der Waals surface area contributed by atoms with Crippen LogP contribution >= 0.6 is 0 Å². The maximum Gasteiger partial charge on any atom is 0.212 e. The van der Waals surface area contributed by atoms with E-state index in [9.17, 15) is 8.42 Å². The molecule has 0 radical (unpaired) electrons. The molecule has 1 atom stereocenters. The lowest BCUT2D eigenvalue weighted by Crippen LogP contribution is -2.41. The van der Waals surface area contributed by atoms with Crippen LogP contribution in [0.1, 0.15) is 48.0 Å². The third kappa shape index (κ3) is 4.96. The quantitative estimate of drug-likeness (QED) is 0.776. The van der Waals surface area contributed by atoms with Gasteiger partial charge < -0.3 is 0 Å². The lowest BCUT2D eigenvalue weighted by atomic mass is 9.81. The van der Waals surface area contributed by atoms with Gasteiger partial charge in [-0.2, -0.15) is 0 Å². The van der Waals surface area contributed by atoms with E-state index in [-0.39, 0.29) is 10.8 Å². The Labute approximate surface area is 88.1 Å². The molecule has 14 heavy (non-hydrogen) atoms. The molecule has 0 heterocycles. The van der Waals surface area contributed by atoms with Gasteiger partial charge in [0.1, 0.15) is 0 Å². The van der Waals surface area contributed by atoms with Gasteiger partial charge >= 0.3 is 0 Å². The minimum absolute atomic E-state index is 0.0234. The maximum absolute atomic E-state index is 11.4. The molecule has 0 rings (SSSR count). The summed E-state index contributed by atoms with van der Waals surface area (Å²) in [6, 6.07) is 0. The fourth-order valence-corrected chi connectivity index (χ4v) is 3.19. The molecule has 86 valence electrons. The average Bonchev–Trinajstić information content (AvgIpc) is 1.75. The normalized spacial score (nSPS) is 16.8. The fraction of sp³-hybridized carbons (Fsp3) is 1.00. The van der Waals surface area contributed by atoms with Crippen molar-refractivity contribution in [2.75, 3.05) is 0 Å². The van der Waals surface area contributed by atoms with Crippen molar-refractivity contribution in [3.05, 3.63) is 0 Å². The minimum Gasteiger partial charge on any atom is -0.228 e. The van der Waals surface area contributed by atoms with Crippen molar-refractivity contribution in [1.82, 2.24) is 0 Å². The molecule has 0 saturated heterocycles. The van der Waals surface area contributed by atoms with Gasteiger partial charge in [0.15, 0.2) is 0 Å². The maximum atomic E-state index is 11.4. The molecular weight excluding hydrogens is 198 g/mol. The molecule has 0 aliphatic heterocycles. The molecule has 0 bridgehead atoms. The molecule has 0 aliphatic rings. The summed E-state index contributed by atoms with van der Waals surface area (Å²) in [5, 5.41) is 4.77. The zero-order valence-corrected chi connectivity index (χ0v) is 10.9. The summed E-state index contributed by atoms with van der Waals surface area (Å²) in [7, 11) is -3.46. The monoisotopic (exact) mass is 221 g/mol. The zero-order valence-electron chi connectivity index (χ0n) is 10.1. The van der Waals surface area contributed by atoms with E-state index in [0.717, 1.165) is 0 Å². The topological polar surface area (TPSA) is 60.2 Å². The third-order valence-electron chi connectivity index (χ3n) is 2.16. The molecule has 2 N–H and O–H groups in total. The number of nitrogens with two attached hydrogens (primary N) is 1. The van der Waals surface area contributed by atoms with E-state index in [0.29, 0.717) is 6.42 Å². The van der Waals surface area contributed by atoms with Gasteiger partial charge in [0.25, 0.3) is 0 Å². The molecule has 0 aromatic heterocycles. The van der Waals surface area contributed by atoms with E-state index in [1.165, 1.54) is 0 Å². The predicted octanol–water partition coefficient (Wildman–Crippen LogP) is 2.13. The first kappa shape index (κ1) is 13.9. The minimum atomic E-state index is -3.46. The molecular formula is C10H23NO2S. The fourth-order valence-electron chi connectivity index (χ4n) is 1.47. The van der Waals surface area contributed by atoms with E-state index in [1.54, 1.807) is 0 Å². The number of hydrogen-bond donors (Lipinski definition) is 1. The molecule has 0 aromatic rings. The summed E-state index contributed by atoms with van der Waals surface area (Å²) in [4.78, 5) is 0. The van der Waals surface area contributed by atoms with Gasteiger partial charge in [-0.15, -0.1) is 0 Å². The second kappa shape index (κ2) is 3.81. The summed E-state index contributed by atoms with van der Waals surface area (Å²) in [6.45, 7) is 11.8. The lowest BCUT2D eigenvalue weighted by molar-refractivity contribution is 0.277. The first-order valence-corrected chi connectivity index (χ1v) is 6.46. The van der Waals surface area contributed by atoms with E-state index >= 15 is 0 Å². The number of sulfonamides is 1. The van der Waals surface area contributed by atoms with Crippen LogP contribution in [0.25, 0.3) is 0 Å². The van der Waals surface area contributed by atoms with Crippen LogP contribution in [0.15, 0.2) is 0 Å². The Morgan fingerprint density at radius 3 is 1.50 bits per heavy atom. The highest BCUT2D eigenvalue weighted by atomic mass is 32.2.